The van der Waals surface area contributed by atoms with Crippen LogP contribution < -0.4 is 0 Å². The fourth-order valence-corrected chi connectivity index (χ4v) is 3.03. The summed E-state index contributed by atoms with van der Waals surface area (Å²) >= 11 is 0. The van der Waals surface area contributed by atoms with E-state index in [1.165, 1.54) is 0 Å². The van der Waals surface area contributed by atoms with Gasteiger partial charge in [-0.3, -0.25) is 4.79 Å². The highest BCUT2D eigenvalue weighted by Crippen LogP contribution is 2.21. The normalized spacial score (nSPS) is 13.0. The lowest BCUT2D eigenvalue weighted by Gasteiger charge is -2.21. The van der Waals surface area contributed by atoms with Crippen LogP contribution in [0.3, 0.4) is 0 Å². The highest BCUT2D eigenvalue weighted by molar-refractivity contribution is 5.63. The van der Waals surface area contributed by atoms with Crippen molar-refractivity contribution >= 4 is 6.47 Å². The summed E-state index contributed by atoms with van der Waals surface area (Å²) in [6.07, 6.45) is -0.407. The lowest BCUT2D eigenvalue weighted by Crippen LogP contribution is -2.32. The Morgan fingerprint density at radius 2 is 1.27 bits per heavy atom. The summed E-state index contributed by atoms with van der Waals surface area (Å²) in [6.45, 7) is 0.414. The van der Waals surface area contributed by atoms with Gasteiger partial charge >= 0.3 is 0 Å². The van der Waals surface area contributed by atoms with E-state index in [0.29, 0.717) is 19.3 Å². The third-order valence-corrected chi connectivity index (χ3v) is 4.45. The topological polar surface area (TPSA) is 46.5 Å². The molecule has 0 heterocycles. The first-order valence-corrected chi connectivity index (χ1v) is 8.71. The van der Waals surface area contributed by atoms with Gasteiger partial charge in [0.1, 0.15) is 6.10 Å². The molecule has 0 unspecified atom stereocenters. The van der Waals surface area contributed by atoms with Crippen LogP contribution in [0.25, 0.3) is 11.1 Å². The second kappa shape index (κ2) is 8.97. The van der Waals surface area contributed by atoms with Crippen molar-refractivity contribution in [3.8, 4) is 11.1 Å². The molecule has 3 aromatic rings. The Hall–Kier alpha value is -2.91. The van der Waals surface area contributed by atoms with Gasteiger partial charge in [-0.2, -0.15) is 0 Å². The average molecular weight is 346 g/mol. The van der Waals surface area contributed by atoms with Crippen molar-refractivity contribution in [1.29, 1.82) is 0 Å². The summed E-state index contributed by atoms with van der Waals surface area (Å²) in [5.41, 5.74) is 4.32. The number of rotatable bonds is 8. The van der Waals surface area contributed by atoms with E-state index in [9.17, 15) is 9.90 Å². The van der Waals surface area contributed by atoms with Crippen LogP contribution in [0, 0.1) is 0 Å². The summed E-state index contributed by atoms with van der Waals surface area (Å²) in [5.74, 6) is 0. The van der Waals surface area contributed by atoms with Crippen molar-refractivity contribution in [3.63, 3.8) is 0 Å². The Balaban J connectivity index is 1.68. The Morgan fingerprint density at radius 3 is 1.88 bits per heavy atom. The first-order valence-electron chi connectivity index (χ1n) is 8.71. The van der Waals surface area contributed by atoms with E-state index in [2.05, 4.69) is 12.1 Å². The number of hydrogen-bond acceptors (Lipinski definition) is 3. The summed E-state index contributed by atoms with van der Waals surface area (Å²) in [6, 6.07) is 28.0. The van der Waals surface area contributed by atoms with Crippen LogP contribution >= 0.6 is 0 Å². The van der Waals surface area contributed by atoms with Gasteiger partial charge in [-0.25, -0.2) is 0 Å². The zero-order chi connectivity index (χ0) is 18.2. The Morgan fingerprint density at radius 1 is 0.731 bits per heavy atom. The van der Waals surface area contributed by atoms with Crippen molar-refractivity contribution in [2.24, 2.45) is 0 Å². The van der Waals surface area contributed by atoms with E-state index in [-0.39, 0.29) is 0 Å². The molecular formula is C23H22O3. The highest BCUT2D eigenvalue weighted by atomic mass is 16.5. The standard InChI is InChI=1S/C23H22O3/c24-17-26-23(22(25)15-18-7-3-1-4-8-18)16-19-11-13-21(14-12-19)20-9-5-2-6-10-20/h1-14,17,22-23,25H,15-16H2/t22-,23+/m1/s1. The number of hydrogen-bond donors (Lipinski definition) is 1. The van der Waals surface area contributed by atoms with E-state index in [0.717, 1.165) is 22.3 Å². The van der Waals surface area contributed by atoms with Crippen molar-refractivity contribution in [2.75, 3.05) is 0 Å². The van der Waals surface area contributed by atoms with Gasteiger partial charge in [-0.15, -0.1) is 0 Å². The smallest absolute Gasteiger partial charge is 0.293 e. The molecule has 0 saturated carbocycles. The molecule has 1 N–H and O–H groups in total. The van der Waals surface area contributed by atoms with Gasteiger partial charge in [-0.1, -0.05) is 84.9 Å². The number of aliphatic hydroxyl groups is 1. The summed E-state index contributed by atoms with van der Waals surface area (Å²) in [7, 11) is 0. The largest absolute Gasteiger partial charge is 0.461 e. The number of aliphatic hydroxyl groups excluding tert-OH is 1. The minimum Gasteiger partial charge on any atom is -0.461 e. The maximum Gasteiger partial charge on any atom is 0.293 e. The number of carbonyl (C=O) groups is 1. The van der Waals surface area contributed by atoms with E-state index < -0.39 is 12.2 Å². The predicted octanol–water partition coefficient (Wildman–Crippen LogP) is 4.04. The SMILES string of the molecule is O=CO[C@@H](Cc1ccc(-c2ccccc2)cc1)[C@H](O)Cc1ccccc1. The van der Waals surface area contributed by atoms with Crippen LogP contribution in [-0.2, 0) is 22.4 Å². The van der Waals surface area contributed by atoms with Crippen molar-refractivity contribution in [1.82, 2.24) is 0 Å². The van der Waals surface area contributed by atoms with Gasteiger partial charge in [0.15, 0.2) is 0 Å². The third kappa shape index (κ3) is 4.80. The van der Waals surface area contributed by atoms with Crippen LogP contribution in [-0.4, -0.2) is 23.8 Å². The van der Waals surface area contributed by atoms with Crippen molar-refractivity contribution in [3.05, 3.63) is 96.1 Å². The molecule has 3 aromatic carbocycles. The molecule has 0 amide bonds. The molecule has 0 spiro atoms. The number of ether oxygens (including phenoxy) is 1. The molecule has 3 nitrogen and oxygen atoms in total. The fraction of sp³-hybridized carbons (Fsp3) is 0.174. The number of carbonyl (C=O) groups excluding carboxylic acids is 1. The van der Waals surface area contributed by atoms with Gasteiger partial charge in [0.05, 0.1) is 6.10 Å². The van der Waals surface area contributed by atoms with Crippen molar-refractivity contribution < 1.29 is 14.6 Å². The average Bonchev–Trinajstić information content (AvgIpc) is 2.69. The summed E-state index contributed by atoms with van der Waals surface area (Å²) in [5, 5.41) is 10.5. The highest BCUT2D eigenvalue weighted by Gasteiger charge is 2.21. The second-order valence-electron chi connectivity index (χ2n) is 6.29. The van der Waals surface area contributed by atoms with Gasteiger partial charge in [0.25, 0.3) is 6.47 Å². The molecule has 2 atom stereocenters. The third-order valence-electron chi connectivity index (χ3n) is 4.45. The quantitative estimate of drug-likeness (QED) is 0.626. The lowest BCUT2D eigenvalue weighted by molar-refractivity contribution is -0.139. The molecule has 26 heavy (non-hydrogen) atoms. The molecule has 0 aliphatic heterocycles. The minimum atomic E-state index is -0.753. The van der Waals surface area contributed by atoms with E-state index in [4.69, 9.17) is 4.74 Å². The first kappa shape index (κ1) is 17.9. The molecule has 0 saturated heterocycles. The van der Waals surface area contributed by atoms with Crippen molar-refractivity contribution in [2.45, 2.75) is 25.0 Å². The van der Waals surface area contributed by atoms with E-state index in [1.807, 2.05) is 72.8 Å². The molecular weight excluding hydrogens is 324 g/mol. The summed E-state index contributed by atoms with van der Waals surface area (Å²) in [4.78, 5) is 10.9. The lowest BCUT2D eigenvalue weighted by atomic mass is 9.97. The number of benzene rings is 3. The Labute approximate surface area is 153 Å². The monoisotopic (exact) mass is 346 g/mol. The zero-order valence-electron chi connectivity index (χ0n) is 14.5. The zero-order valence-corrected chi connectivity index (χ0v) is 14.5. The van der Waals surface area contributed by atoms with Gasteiger partial charge in [-0.05, 0) is 22.3 Å². The van der Waals surface area contributed by atoms with E-state index >= 15 is 0 Å². The molecule has 3 rings (SSSR count). The molecule has 0 aliphatic carbocycles. The molecule has 0 radical (unpaired) electrons. The first-order chi connectivity index (χ1) is 12.8. The van der Waals surface area contributed by atoms with Crippen LogP contribution in [0.2, 0.25) is 0 Å². The molecule has 0 aromatic heterocycles. The maximum absolute atomic E-state index is 10.9. The molecule has 3 heteroatoms. The Bertz CT molecular complexity index is 798. The minimum absolute atomic E-state index is 0.414. The van der Waals surface area contributed by atoms with Gasteiger partial charge in [0, 0.05) is 12.8 Å². The summed E-state index contributed by atoms with van der Waals surface area (Å²) < 4.78 is 5.16. The van der Waals surface area contributed by atoms with Crippen LogP contribution in [0.5, 0.6) is 0 Å². The molecule has 0 bridgehead atoms. The Kier molecular flexibility index (Phi) is 6.18. The van der Waals surface area contributed by atoms with Gasteiger partial charge < -0.3 is 9.84 Å². The molecule has 132 valence electrons. The van der Waals surface area contributed by atoms with Gasteiger partial charge in [0.2, 0.25) is 0 Å². The maximum atomic E-state index is 10.9. The van der Waals surface area contributed by atoms with Crippen LogP contribution in [0.15, 0.2) is 84.9 Å². The van der Waals surface area contributed by atoms with E-state index in [1.54, 1.807) is 0 Å². The van der Waals surface area contributed by atoms with Crippen LogP contribution in [0.1, 0.15) is 11.1 Å². The predicted molar refractivity (Wildman–Crippen MR) is 103 cm³/mol. The second-order valence-corrected chi connectivity index (χ2v) is 6.29. The fourth-order valence-electron chi connectivity index (χ4n) is 3.03. The van der Waals surface area contributed by atoms with Crippen LogP contribution in [0.4, 0.5) is 0 Å². The molecule has 0 aliphatic rings. The molecule has 0 fully saturated rings.